The molecule has 0 spiro atoms. The third kappa shape index (κ3) is 3.74. The first-order valence-corrected chi connectivity index (χ1v) is 6.34. The van der Waals surface area contributed by atoms with Gasteiger partial charge in [0.2, 0.25) is 0 Å². The van der Waals surface area contributed by atoms with Crippen molar-refractivity contribution in [3.05, 3.63) is 0 Å². The molecule has 0 aliphatic carbocycles. The number of likely N-dealkylation sites (tertiary alicyclic amines) is 1. The Morgan fingerprint density at radius 2 is 2.07 bits per heavy atom. The molecule has 90 valence electrons. The largest absolute Gasteiger partial charge is 0.316 e. The Morgan fingerprint density at radius 1 is 1.40 bits per heavy atom. The van der Waals surface area contributed by atoms with Crippen LogP contribution in [0.2, 0.25) is 0 Å². The molecule has 2 unspecified atom stereocenters. The highest BCUT2D eigenvalue weighted by Gasteiger charge is 2.26. The first-order chi connectivity index (χ1) is 7.21. The molecule has 15 heavy (non-hydrogen) atoms. The fourth-order valence-corrected chi connectivity index (χ4v) is 2.49. The number of hydrogen-bond acceptors (Lipinski definition) is 3. The second kappa shape index (κ2) is 6.46. The van der Waals surface area contributed by atoms with Gasteiger partial charge in [-0.15, -0.1) is 0 Å². The molecule has 1 fully saturated rings. The first-order valence-electron chi connectivity index (χ1n) is 6.34. The predicted molar refractivity (Wildman–Crippen MR) is 66.3 cm³/mol. The maximum Gasteiger partial charge on any atom is 0.0235 e. The van der Waals surface area contributed by atoms with Gasteiger partial charge in [0.25, 0.3) is 0 Å². The van der Waals surface area contributed by atoms with Crippen LogP contribution in [0.25, 0.3) is 0 Å². The van der Waals surface area contributed by atoms with Crippen LogP contribution in [0.4, 0.5) is 0 Å². The Bertz CT molecular complexity index is 168. The third-order valence-electron chi connectivity index (χ3n) is 3.60. The lowest BCUT2D eigenvalue weighted by Crippen LogP contribution is -2.40. The highest BCUT2D eigenvalue weighted by molar-refractivity contribution is 4.83. The SMILES string of the molecule is CCN(CC)C1CCN(CC(C)NC)C1. The Morgan fingerprint density at radius 3 is 2.60 bits per heavy atom. The standard InChI is InChI=1S/C12H27N3/c1-5-15(6-2)12-7-8-14(10-12)9-11(3)13-4/h11-13H,5-10H2,1-4H3. The highest BCUT2D eigenvalue weighted by atomic mass is 15.3. The second-order valence-electron chi connectivity index (χ2n) is 4.61. The molecule has 1 aliphatic heterocycles. The van der Waals surface area contributed by atoms with Gasteiger partial charge in [-0.1, -0.05) is 13.8 Å². The molecule has 1 rings (SSSR count). The van der Waals surface area contributed by atoms with Crippen LogP contribution in [-0.4, -0.2) is 61.7 Å². The molecule has 0 radical (unpaired) electrons. The van der Waals surface area contributed by atoms with E-state index >= 15 is 0 Å². The zero-order valence-electron chi connectivity index (χ0n) is 10.8. The van der Waals surface area contributed by atoms with Crippen molar-refractivity contribution in [2.24, 2.45) is 0 Å². The summed E-state index contributed by atoms with van der Waals surface area (Å²) in [5.74, 6) is 0. The summed E-state index contributed by atoms with van der Waals surface area (Å²) in [5, 5.41) is 3.31. The maximum absolute atomic E-state index is 3.31. The zero-order chi connectivity index (χ0) is 11.3. The molecule has 0 amide bonds. The molecule has 3 heteroatoms. The zero-order valence-corrected chi connectivity index (χ0v) is 10.8. The van der Waals surface area contributed by atoms with Gasteiger partial charge in [-0.25, -0.2) is 0 Å². The summed E-state index contributed by atoms with van der Waals surface area (Å²) in [6, 6.07) is 1.41. The highest BCUT2D eigenvalue weighted by Crippen LogP contribution is 2.15. The Balaban J connectivity index is 2.31. The number of nitrogens with one attached hydrogen (secondary N) is 1. The second-order valence-corrected chi connectivity index (χ2v) is 4.61. The van der Waals surface area contributed by atoms with Crippen molar-refractivity contribution in [1.82, 2.24) is 15.1 Å². The predicted octanol–water partition coefficient (Wildman–Crippen LogP) is 1.01. The van der Waals surface area contributed by atoms with Crippen LogP contribution in [0, 0.1) is 0 Å². The number of hydrogen-bond donors (Lipinski definition) is 1. The van der Waals surface area contributed by atoms with E-state index in [2.05, 4.69) is 35.9 Å². The summed E-state index contributed by atoms with van der Waals surface area (Å²) in [5.41, 5.74) is 0. The van der Waals surface area contributed by atoms with E-state index in [1.54, 1.807) is 0 Å². The van der Waals surface area contributed by atoms with Crippen LogP contribution in [0.3, 0.4) is 0 Å². The lowest BCUT2D eigenvalue weighted by Gasteiger charge is -2.27. The van der Waals surface area contributed by atoms with Gasteiger partial charge >= 0.3 is 0 Å². The normalized spacial score (nSPS) is 25.0. The lowest BCUT2D eigenvalue weighted by atomic mass is 10.2. The summed E-state index contributed by atoms with van der Waals surface area (Å²) < 4.78 is 0. The van der Waals surface area contributed by atoms with Crippen molar-refractivity contribution in [2.75, 3.05) is 39.8 Å². The van der Waals surface area contributed by atoms with E-state index in [4.69, 9.17) is 0 Å². The minimum absolute atomic E-state index is 0.612. The van der Waals surface area contributed by atoms with Gasteiger partial charge in [0.15, 0.2) is 0 Å². The van der Waals surface area contributed by atoms with Gasteiger partial charge in [-0.05, 0) is 40.0 Å². The van der Waals surface area contributed by atoms with E-state index in [9.17, 15) is 0 Å². The van der Waals surface area contributed by atoms with Crippen LogP contribution in [-0.2, 0) is 0 Å². The fourth-order valence-electron chi connectivity index (χ4n) is 2.49. The smallest absolute Gasteiger partial charge is 0.0235 e. The summed E-state index contributed by atoms with van der Waals surface area (Å²) >= 11 is 0. The number of likely N-dealkylation sites (N-methyl/N-ethyl adjacent to an activating group) is 2. The van der Waals surface area contributed by atoms with Gasteiger partial charge in [-0.3, -0.25) is 4.90 Å². The Labute approximate surface area is 94.8 Å². The fraction of sp³-hybridized carbons (Fsp3) is 1.00. The van der Waals surface area contributed by atoms with E-state index in [0.717, 1.165) is 6.04 Å². The van der Waals surface area contributed by atoms with Crippen molar-refractivity contribution >= 4 is 0 Å². The molecule has 3 nitrogen and oxygen atoms in total. The average molecular weight is 213 g/mol. The van der Waals surface area contributed by atoms with Crippen molar-refractivity contribution in [3.63, 3.8) is 0 Å². The Kier molecular flexibility index (Phi) is 5.58. The quantitative estimate of drug-likeness (QED) is 0.710. The summed E-state index contributed by atoms with van der Waals surface area (Å²) in [6.45, 7) is 12.9. The van der Waals surface area contributed by atoms with Crippen LogP contribution in [0.1, 0.15) is 27.2 Å². The molecule has 1 saturated heterocycles. The minimum Gasteiger partial charge on any atom is -0.316 e. The van der Waals surface area contributed by atoms with Crippen molar-refractivity contribution < 1.29 is 0 Å². The Hall–Kier alpha value is -0.120. The third-order valence-corrected chi connectivity index (χ3v) is 3.60. The molecular weight excluding hydrogens is 186 g/mol. The number of nitrogens with zero attached hydrogens (tertiary/aromatic N) is 2. The van der Waals surface area contributed by atoms with Gasteiger partial charge in [0.1, 0.15) is 0 Å². The summed E-state index contributed by atoms with van der Waals surface area (Å²) in [4.78, 5) is 5.17. The minimum atomic E-state index is 0.612. The lowest BCUT2D eigenvalue weighted by molar-refractivity contribution is 0.207. The summed E-state index contributed by atoms with van der Waals surface area (Å²) in [7, 11) is 2.04. The van der Waals surface area contributed by atoms with Gasteiger partial charge < -0.3 is 10.2 Å². The van der Waals surface area contributed by atoms with Crippen LogP contribution < -0.4 is 5.32 Å². The average Bonchev–Trinajstić information content (AvgIpc) is 2.68. The molecule has 1 aliphatic rings. The molecule has 0 aromatic carbocycles. The van der Waals surface area contributed by atoms with Gasteiger partial charge in [0, 0.05) is 25.2 Å². The van der Waals surface area contributed by atoms with E-state index in [1.807, 2.05) is 7.05 Å². The number of rotatable bonds is 6. The van der Waals surface area contributed by atoms with E-state index in [-0.39, 0.29) is 0 Å². The topological polar surface area (TPSA) is 18.5 Å². The van der Waals surface area contributed by atoms with Crippen LogP contribution >= 0.6 is 0 Å². The molecule has 0 aromatic rings. The van der Waals surface area contributed by atoms with E-state index in [0.29, 0.717) is 6.04 Å². The van der Waals surface area contributed by atoms with E-state index < -0.39 is 0 Å². The van der Waals surface area contributed by atoms with Gasteiger partial charge in [-0.2, -0.15) is 0 Å². The first kappa shape index (κ1) is 12.9. The molecule has 1 heterocycles. The van der Waals surface area contributed by atoms with Crippen molar-refractivity contribution in [3.8, 4) is 0 Å². The molecule has 0 bridgehead atoms. The monoisotopic (exact) mass is 213 g/mol. The molecule has 0 aromatic heterocycles. The van der Waals surface area contributed by atoms with Gasteiger partial charge in [0.05, 0.1) is 0 Å². The van der Waals surface area contributed by atoms with Crippen molar-refractivity contribution in [1.29, 1.82) is 0 Å². The molecule has 2 atom stereocenters. The maximum atomic E-state index is 3.31. The molecular formula is C12H27N3. The molecule has 0 saturated carbocycles. The summed E-state index contributed by atoms with van der Waals surface area (Å²) in [6.07, 6.45) is 1.35. The van der Waals surface area contributed by atoms with Crippen LogP contribution in [0.15, 0.2) is 0 Å². The van der Waals surface area contributed by atoms with E-state index in [1.165, 1.54) is 39.1 Å². The van der Waals surface area contributed by atoms with Crippen LogP contribution in [0.5, 0.6) is 0 Å². The molecule has 1 N–H and O–H groups in total. The van der Waals surface area contributed by atoms with Crippen molar-refractivity contribution in [2.45, 2.75) is 39.3 Å².